The highest BCUT2D eigenvalue weighted by molar-refractivity contribution is 6.10. The molecule has 2 aromatic rings. The van der Waals surface area contributed by atoms with Crippen LogP contribution in [0.2, 0.25) is 0 Å². The number of fused-ring (bicyclic) bond motifs is 2. The number of oxime groups is 1. The molecule has 2 N–H and O–H groups in total. The monoisotopic (exact) mass is 421 g/mol. The number of amides is 1. The van der Waals surface area contributed by atoms with Crippen LogP contribution in [0.5, 0.6) is 5.88 Å². The van der Waals surface area contributed by atoms with E-state index >= 15 is 0 Å². The minimum atomic E-state index is -4.41. The first-order valence-corrected chi connectivity index (χ1v) is 9.23. The van der Waals surface area contributed by atoms with Gasteiger partial charge in [-0.2, -0.15) is 13.2 Å². The highest BCUT2D eigenvalue weighted by Gasteiger charge is 2.30. The molecule has 0 bridgehead atoms. The quantitative estimate of drug-likeness (QED) is 0.764. The van der Waals surface area contributed by atoms with Gasteiger partial charge in [0.1, 0.15) is 24.3 Å². The van der Waals surface area contributed by atoms with Gasteiger partial charge < -0.3 is 20.2 Å². The SMILES string of the molecule is Nc1ncnc2c1C(=O)N(c1ccc3c(c1)CC/C(=N\OCC(F)(F)F)C3)CCO2. The highest BCUT2D eigenvalue weighted by Crippen LogP contribution is 2.30. The number of nitrogens with two attached hydrogens (primary N) is 1. The number of aryl methyl sites for hydroxylation is 1. The summed E-state index contributed by atoms with van der Waals surface area (Å²) < 4.78 is 42.1. The van der Waals surface area contributed by atoms with Gasteiger partial charge in [-0.25, -0.2) is 9.97 Å². The number of benzene rings is 1. The van der Waals surface area contributed by atoms with E-state index in [0.717, 1.165) is 11.1 Å². The summed E-state index contributed by atoms with van der Waals surface area (Å²) in [6.45, 7) is -0.846. The molecule has 0 fully saturated rings. The van der Waals surface area contributed by atoms with E-state index in [1.54, 1.807) is 11.0 Å². The van der Waals surface area contributed by atoms with Gasteiger partial charge in [-0.05, 0) is 36.1 Å². The van der Waals surface area contributed by atoms with Crippen molar-refractivity contribution in [3.63, 3.8) is 0 Å². The van der Waals surface area contributed by atoms with Crippen molar-refractivity contribution in [1.82, 2.24) is 9.97 Å². The number of alkyl halides is 3. The molecule has 1 aliphatic heterocycles. The van der Waals surface area contributed by atoms with E-state index in [1.165, 1.54) is 6.33 Å². The molecule has 1 aromatic heterocycles. The molecule has 2 aliphatic rings. The maximum absolute atomic E-state index is 13.0. The summed E-state index contributed by atoms with van der Waals surface area (Å²) in [6.07, 6.45) is -1.71. The molecule has 1 aliphatic carbocycles. The predicted molar refractivity (Wildman–Crippen MR) is 102 cm³/mol. The van der Waals surface area contributed by atoms with Gasteiger partial charge in [0.15, 0.2) is 0 Å². The molecule has 0 atom stereocenters. The number of nitrogen functional groups attached to an aromatic ring is 1. The predicted octanol–water partition coefficient (Wildman–Crippen LogP) is 2.52. The summed E-state index contributed by atoms with van der Waals surface area (Å²) in [5.41, 5.74) is 9.15. The van der Waals surface area contributed by atoms with Gasteiger partial charge in [0, 0.05) is 12.1 Å². The topological polar surface area (TPSA) is 103 Å². The summed E-state index contributed by atoms with van der Waals surface area (Å²) in [6, 6.07) is 5.51. The molecule has 1 aromatic carbocycles. The Morgan fingerprint density at radius 2 is 2.07 bits per heavy atom. The first-order chi connectivity index (χ1) is 14.3. The first kappa shape index (κ1) is 19.9. The number of carbonyl (C=O) groups excluding carboxylic acids is 1. The summed E-state index contributed by atoms with van der Waals surface area (Å²) in [5.74, 6) is -0.138. The second kappa shape index (κ2) is 7.81. The van der Waals surface area contributed by atoms with E-state index in [4.69, 9.17) is 10.5 Å². The lowest BCUT2D eigenvalue weighted by atomic mass is 9.90. The fourth-order valence-corrected chi connectivity index (χ4v) is 3.46. The number of anilines is 2. The average Bonchev–Trinajstić information content (AvgIpc) is 2.86. The molecule has 4 rings (SSSR count). The van der Waals surface area contributed by atoms with Crippen molar-refractivity contribution in [3.8, 4) is 5.88 Å². The van der Waals surface area contributed by atoms with Gasteiger partial charge >= 0.3 is 6.18 Å². The molecular weight excluding hydrogens is 403 g/mol. The Balaban J connectivity index is 1.53. The highest BCUT2D eigenvalue weighted by atomic mass is 19.4. The molecule has 0 spiro atoms. The smallest absolute Gasteiger partial charge is 0.425 e. The standard InChI is InChI=1S/C19H18F3N5O3/c20-19(21,22)9-30-26-13-3-1-12-8-14(4-2-11(12)7-13)27-5-6-29-17-15(18(27)28)16(23)24-10-25-17/h2,4,8,10H,1,3,5-7,9H2,(H2,23,24,25)/b26-13+. The van der Waals surface area contributed by atoms with E-state index in [2.05, 4.69) is 20.0 Å². The Kier molecular flexibility index (Phi) is 5.18. The van der Waals surface area contributed by atoms with Crippen molar-refractivity contribution in [2.45, 2.75) is 25.4 Å². The number of halogens is 3. The summed E-state index contributed by atoms with van der Waals surface area (Å²) in [4.78, 5) is 26.9. The molecule has 0 saturated carbocycles. The first-order valence-electron chi connectivity index (χ1n) is 9.23. The Labute approximate surface area is 169 Å². The summed E-state index contributed by atoms with van der Waals surface area (Å²) >= 11 is 0. The van der Waals surface area contributed by atoms with Crippen LogP contribution in [0.15, 0.2) is 29.7 Å². The van der Waals surface area contributed by atoms with E-state index in [9.17, 15) is 18.0 Å². The van der Waals surface area contributed by atoms with Crippen molar-refractivity contribution >= 4 is 23.1 Å². The van der Waals surface area contributed by atoms with E-state index in [1.807, 2.05) is 12.1 Å². The largest absolute Gasteiger partial charge is 0.475 e. The van der Waals surface area contributed by atoms with Crippen LogP contribution in [-0.2, 0) is 17.7 Å². The van der Waals surface area contributed by atoms with Crippen LogP contribution in [-0.4, -0.2) is 47.5 Å². The molecule has 0 radical (unpaired) electrons. The number of hydrogen-bond acceptors (Lipinski definition) is 7. The lowest BCUT2D eigenvalue weighted by molar-refractivity contribution is -0.173. The van der Waals surface area contributed by atoms with Crippen molar-refractivity contribution < 1.29 is 27.5 Å². The minimum absolute atomic E-state index is 0.0505. The number of hydrogen-bond donors (Lipinski definition) is 1. The maximum Gasteiger partial charge on any atom is 0.425 e. The second-order valence-electron chi connectivity index (χ2n) is 6.92. The van der Waals surface area contributed by atoms with Crippen LogP contribution in [0.3, 0.4) is 0 Å². The van der Waals surface area contributed by atoms with Gasteiger partial charge in [0.05, 0.1) is 12.3 Å². The van der Waals surface area contributed by atoms with Gasteiger partial charge in [-0.3, -0.25) is 4.79 Å². The van der Waals surface area contributed by atoms with E-state index in [-0.39, 0.29) is 29.8 Å². The van der Waals surface area contributed by atoms with Gasteiger partial charge in [0.2, 0.25) is 12.5 Å². The molecule has 0 saturated heterocycles. The number of rotatable bonds is 3. The normalized spacial score (nSPS) is 17.8. The van der Waals surface area contributed by atoms with Crippen LogP contribution < -0.4 is 15.4 Å². The number of carbonyl (C=O) groups is 1. The molecular formula is C19H18F3N5O3. The third kappa shape index (κ3) is 4.14. The molecule has 30 heavy (non-hydrogen) atoms. The number of ether oxygens (including phenoxy) is 1. The van der Waals surface area contributed by atoms with Crippen LogP contribution in [0.4, 0.5) is 24.7 Å². The van der Waals surface area contributed by atoms with Gasteiger partial charge in [0.25, 0.3) is 5.91 Å². The maximum atomic E-state index is 13.0. The van der Waals surface area contributed by atoms with Crippen LogP contribution in [0, 0.1) is 0 Å². The summed E-state index contributed by atoms with van der Waals surface area (Å²) in [7, 11) is 0. The third-order valence-corrected chi connectivity index (χ3v) is 4.86. The average molecular weight is 421 g/mol. The zero-order valence-electron chi connectivity index (χ0n) is 15.8. The lowest BCUT2D eigenvalue weighted by Crippen LogP contribution is -2.33. The van der Waals surface area contributed by atoms with Crippen molar-refractivity contribution in [2.75, 3.05) is 30.4 Å². The molecule has 2 heterocycles. The van der Waals surface area contributed by atoms with Crippen LogP contribution in [0.1, 0.15) is 27.9 Å². The number of aromatic nitrogens is 2. The molecule has 8 nitrogen and oxygen atoms in total. The minimum Gasteiger partial charge on any atom is -0.475 e. The molecule has 1 amide bonds. The van der Waals surface area contributed by atoms with Crippen LogP contribution in [0.25, 0.3) is 0 Å². The third-order valence-electron chi connectivity index (χ3n) is 4.86. The van der Waals surface area contributed by atoms with Gasteiger partial charge in [-0.1, -0.05) is 11.2 Å². The molecule has 0 unspecified atom stereocenters. The number of nitrogens with zero attached hydrogens (tertiary/aromatic N) is 4. The molecule has 158 valence electrons. The second-order valence-corrected chi connectivity index (χ2v) is 6.92. The van der Waals surface area contributed by atoms with E-state index < -0.39 is 12.8 Å². The van der Waals surface area contributed by atoms with Crippen molar-refractivity contribution in [3.05, 3.63) is 41.2 Å². The van der Waals surface area contributed by atoms with Crippen molar-refractivity contribution in [2.24, 2.45) is 5.16 Å². The summed E-state index contributed by atoms with van der Waals surface area (Å²) in [5, 5.41) is 3.63. The fourth-order valence-electron chi connectivity index (χ4n) is 3.46. The Bertz CT molecular complexity index is 1010. The van der Waals surface area contributed by atoms with E-state index in [0.29, 0.717) is 37.2 Å². The van der Waals surface area contributed by atoms with Crippen molar-refractivity contribution in [1.29, 1.82) is 0 Å². The Morgan fingerprint density at radius 3 is 2.87 bits per heavy atom. The zero-order chi connectivity index (χ0) is 21.3. The lowest BCUT2D eigenvalue weighted by Gasteiger charge is -2.24. The Morgan fingerprint density at radius 1 is 1.23 bits per heavy atom. The van der Waals surface area contributed by atoms with Gasteiger partial charge in [-0.15, -0.1) is 0 Å². The molecule has 11 heteroatoms. The van der Waals surface area contributed by atoms with Crippen LogP contribution >= 0.6 is 0 Å². The fraction of sp³-hybridized carbons (Fsp3) is 0.368. The zero-order valence-corrected chi connectivity index (χ0v) is 15.8. The Hall–Kier alpha value is -3.37.